The zero-order chi connectivity index (χ0) is 15.8. The van der Waals surface area contributed by atoms with E-state index in [9.17, 15) is 0 Å². The minimum absolute atomic E-state index is 0.228. The van der Waals surface area contributed by atoms with E-state index in [4.69, 9.17) is 9.31 Å². The van der Waals surface area contributed by atoms with Crippen molar-refractivity contribution in [2.75, 3.05) is 20.1 Å². The molecule has 120 valence electrons. The van der Waals surface area contributed by atoms with Gasteiger partial charge in [-0.15, -0.1) is 0 Å². The fourth-order valence-corrected chi connectivity index (χ4v) is 3.65. The predicted octanol–water partition coefficient (Wildman–Crippen LogP) is 2.70. The largest absolute Gasteiger partial charge is 0.494 e. The maximum atomic E-state index is 6.44. The van der Waals surface area contributed by atoms with Gasteiger partial charge < -0.3 is 14.2 Å². The Morgan fingerprint density at radius 2 is 1.73 bits per heavy atom. The summed E-state index contributed by atoms with van der Waals surface area (Å²) in [5.74, 6) is 0.735. The van der Waals surface area contributed by atoms with Crippen LogP contribution in [0.15, 0.2) is 30.3 Å². The van der Waals surface area contributed by atoms with Gasteiger partial charge in [-0.1, -0.05) is 30.3 Å². The Morgan fingerprint density at radius 3 is 2.36 bits per heavy atom. The fourth-order valence-electron chi connectivity index (χ4n) is 3.65. The van der Waals surface area contributed by atoms with Gasteiger partial charge in [-0.3, -0.25) is 0 Å². The molecule has 2 aliphatic heterocycles. The van der Waals surface area contributed by atoms with E-state index in [2.05, 4.69) is 44.9 Å². The van der Waals surface area contributed by atoms with Crippen molar-refractivity contribution in [3.05, 3.63) is 30.3 Å². The van der Waals surface area contributed by atoms with Crippen LogP contribution in [0.5, 0.6) is 0 Å². The van der Waals surface area contributed by atoms with Crippen molar-refractivity contribution >= 4 is 12.6 Å². The normalized spacial score (nSPS) is 29.9. The highest BCUT2D eigenvalue weighted by atomic mass is 16.7. The molecule has 0 aromatic heterocycles. The second-order valence-electron chi connectivity index (χ2n) is 7.67. The standard InChI is InChI=1S/C18H28BNO2/c1-17(2)18(3,14-15-10-12-20(4)13-11-15)22-19(21-17)16-8-6-5-7-9-16/h5-9,15H,10-14H2,1-4H3. The van der Waals surface area contributed by atoms with Crippen LogP contribution >= 0.6 is 0 Å². The Balaban J connectivity index is 1.71. The molecule has 22 heavy (non-hydrogen) atoms. The minimum Gasteiger partial charge on any atom is -0.399 e. The van der Waals surface area contributed by atoms with Crippen molar-refractivity contribution in [2.45, 2.75) is 51.2 Å². The summed E-state index contributed by atoms with van der Waals surface area (Å²) >= 11 is 0. The zero-order valence-electron chi connectivity index (χ0n) is 14.3. The third-order valence-electron chi connectivity index (χ3n) is 5.63. The topological polar surface area (TPSA) is 21.7 Å². The molecule has 0 bridgehead atoms. The minimum atomic E-state index is -0.267. The summed E-state index contributed by atoms with van der Waals surface area (Å²) in [5.41, 5.74) is 0.618. The molecule has 1 unspecified atom stereocenters. The van der Waals surface area contributed by atoms with Gasteiger partial charge in [-0.2, -0.15) is 0 Å². The van der Waals surface area contributed by atoms with Crippen LogP contribution in [0.2, 0.25) is 0 Å². The van der Waals surface area contributed by atoms with E-state index in [-0.39, 0.29) is 18.3 Å². The molecule has 0 N–H and O–H groups in total. The van der Waals surface area contributed by atoms with E-state index in [0.717, 1.165) is 17.8 Å². The second-order valence-corrected chi connectivity index (χ2v) is 7.67. The first-order valence-electron chi connectivity index (χ1n) is 8.49. The van der Waals surface area contributed by atoms with E-state index in [1.165, 1.54) is 25.9 Å². The first kappa shape index (κ1) is 16.0. The number of hydrogen-bond acceptors (Lipinski definition) is 3. The van der Waals surface area contributed by atoms with Crippen LogP contribution < -0.4 is 5.46 Å². The smallest absolute Gasteiger partial charge is 0.399 e. The molecule has 3 nitrogen and oxygen atoms in total. The van der Waals surface area contributed by atoms with Crippen molar-refractivity contribution < 1.29 is 9.31 Å². The van der Waals surface area contributed by atoms with Gasteiger partial charge in [0.05, 0.1) is 11.2 Å². The zero-order valence-corrected chi connectivity index (χ0v) is 14.3. The van der Waals surface area contributed by atoms with Gasteiger partial charge in [0.15, 0.2) is 0 Å². The highest BCUT2D eigenvalue weighted by Crippen LogP contribution is 2.43. The van der Waals surface area contributed by atoms with Crippen LogP contribution in [0.3, 0.4) is 0 Å². The molecule has 2 fully saturated rings. The number of nitrogens with zero attached hydrogens (tertiary/aromatic N) is 1. The van der Waals surface area contributed by atoms with Crippen molar-refractivity contribution in [3.63, 3.8) is 0 Å². The van der Waals surface area contributed by atoms with Crippen molar-refractivity contribution in [1.82, 2.24) is 4.90 Å². The summed E-state index contributed by atoms with van der Waals surface area (Å²) in [5, 5.41) is 0. The monoisotopic (exact) mass is 301 g/mol. The molecule has 0 radical (unpaired) electrons. The van der Waals surface area contributed by atoms with Gasteiger partial charge in [0.2, 0.25) is 0 Å². The quantitative estimate of drug-likeness (QED) is 0.801. The van der Waals surface area contributed by atoms with Gasteiger partial charge >= 0.3 is 7.12 Å². The van der Waals surface area contributed by atoms with E-state index in [0.29, 0.717) is 0 Å². The first-order valence-corrected chi connectivity index (χ1v) is 8.49. The van der Waals surface area contributed by atoms with Gasteiger partial charge in [0.25, 0.3) is 0 Å². The van der Waals surface area contributed by atoms with Crippen LogP contribution in [0.25, 0.3) is 0 Å². The van der Waals surface area contributed by atoms with Gasteiger partial charge in [0, 0.05) is 0 Å². The van der Waals surface area contributed by atoms with Gasteiger partial charge in [-0.05, 0) is 71.6 Å². The second kappa shape index (κ2) is 5.99. The van der Waals surface area contributed by atoms with E-state index in [1.807, 2.05) is 18.2 Å². The molecule has 0 aliphatic carbocycles. The summed E-state index contributed by atoms with van der Waals surface area (Å²) < 4.78 is 12.7. The van der Waals surface area contributed by atoms with Crippen molar-refractivity contribution in [3.8, 4) is 0 Å². The lowest BCUT2D eigenvalue weighted by molar-refractivity contribution is -0.0324. The fraction of sp³-hybridized carbons (Fsp3) is 0.667. The van der Waals surface area contributed by atoms with Crippen LogP contribution in [-0.4, -0.2) is 43.4 Å². The summed E-state index contributed by atoms with van der Waals surface area (Å²) in [4.78, 5) is 2.42. The number of hydrogen-bond donors (Lipinski definition) is 0. The molecule has 2 heterocycles. The highest BCUT2D eigenvalue weighted by Gasteiger charge is 2.55. The lowest BCUT2D eigenvalue weighted by atomic mass is 9.77. The molecular weight excluding hydrogens is 273 g/mol. The predicted molar refractivity (Wildman–Crippen MR) is 91.3 cm³/mol. The van der Waals surface area contributed by atoms with Gasteiger partial charge in [0.1, 0.15) is 0 Å². The lowest BCUT2D eigenvalue weighted by Crippen LogP contribution is -2.47. The molecule has 2 saturated heterocycles. The van der Waals surface area contributed by atoms with Crippen LogP contribution in [0.4, 0.5) is 0 Å². The molecule has 1 aromatic carbocycles. The van der Waals surface area contributed by atoms with Crippen LogP contribution in [-0.2, 0) is 9.31 Å². The molecule has 2 aliphatic rings. The van der Waals surface area contributed by atoms with Crippen molar-refractivity contribution in [2.24, 2.45) is 5.92 Å². The molecule has 0 spiro atoms. The number of likely N-dealkylation sites (tertiary alicyclic amines) is 1. The van der Waals surface area contributed by atoms with Crippen molar-refractivity contribution in [1.29, 1.82) is 0 Å². The summed E-state index contributed by atoms with van der Waals surface area (Å²) in [6.07, 6.45) is 3.61. The molecule has 1 aromatic rings. The summed E-state index contributed by atoms with van der Waals surface area (Å²) in [6, 6.07) is 10.3. The van der Waals surface area contributed by atoms with E-state index < -0.39 is 0 Å². The maximum absolute atomic E-state index is 6.44. The molecule has 0 amide bonds. The molecule has 3 rings (SSSR count). The highest BCUT2D eigenvalue weighted by molar-refractivity contribution is 6.62. The molecule has 0 saturated carbocycles. The Labute approximate surface area is 135 Å². The van der Waals surface area contributed by atoms with Crippen LogP contribution in [0.1, 0.15) is 40.0 Å². The molecular formula is C18H28BNO2. The Morgan fingerprint density at radius 1 is 1.09 bits per heavy atom. The first-order chi connectivity index (χ1) is 10.4. The third kappa shape index (κ3) is 3.10. The van der Waals surface area contributed by atoms with Crippen LogP contribution in [0, 0.1) is 5.92 Å². The maximum Gasteiger partial charge on any atom is 0.494 e. The number of rotatable bonds is 3. The third-order valence-corrected chi connectivity index (χ3v) is 5.63. The number of piperidine rings is 1. The Hall–Kier alpha value is -0.835. The average molecular weight is 301 g/mol. The Kier molecular flexibility index (Phi) is 4.37. The molecule has 1 atom stereocenters. The summed E-state index contributed by atoms with van der Waals surface area (Å²) in [7, 11) is 1.97. The SMILES string of the molecule is CN1CCC(CC2(C)OB(c3ccccc3)OC2(C)C)CC1. The Bertz CT molecular complexity index is 499. The molecule has 4 heteroatoms. The number of benzene rings is 1. The lowest BCUT2D eigenvalue weighted by Gasteiger charge is -2.41. The van der Waals surface area contributed by atoms with E-state index in [1.54, 1.807) is 0 Å². The average Bonchev–Trinajstić information content (AvgIpc) is 2.73. The van der Waals surface area contributed by atoms with E-state index >= 15 is 0 Å². The summed E-state index contributed by atoms with van der Waals surface area (Å²) in [6.45, 7) is 8.97. The van der Waals surface area contributed by atoms with Gasteiger partial charge in [-0.25, -0.2) is 0 Å².